The molecule has 0 aliphatic rings. The molecule has 0 atom stereocenters. The average molecular weight is 378 g/mol. The molecule has 0 spiro atoms. The van der Waals surface area contributed by atoms with E-state index in [-0.39, 0.29) is 5.91 Å². The maximum absolute atomic E-state index is 12.0. The minimum Gasteiger partial charge on any atom is -0.318 e. The number of hydrogen-bond acceptors (Lipinski definition) is 3. The van der Waals surface area contributed by atoms with E-state index in [0.29, 0.717) is 6.42 Å². The number of nitrogens with zero attached hydrogens (tertiary/aromatic N) is 2. The molecule has 0 fully saturated rings. The molecule has 0 aliphatic carbocycles. The summed E-state index contributed by atoms with van der Waals surface area (Å²) in [7, 11) is 0. The third kappa shape index (κ3) is 5.11. The molecular formula is C22H23N3OS. The summed E-state index contributed by atoms with van der Waals surface area (Å²) >= 11 is 1.67. The van der Waals surface area contributed by atoms with Crippen molar-refractivity contribution in [1.82, 2.24) is 9.99 Å². The van der Waals surface area contributed by atoms with E-state index >= 15 is 0 Å². The van der Waals surface area contributed by atoms with E-state index < -0.39 is 0 Å². The Morgan fingerprint density at radius 1 is 1.07 bits per heavy atom. The van der Waals surface area contributed by atoms with Gasteiger partial charge < -0.3 is 4.57 Å². The molecule has 3 rings (SSSR count). The predicted molar refractivity (Wildman–Crippen MR) is 113 cm³/mol. The molecular weight excluding hydrogens is 354 g/mol. The van der Waals surface area contributed by atoms with Crippen LogP contribution >= 0.6 is 11.8 Å². The first-order chi connectivity index (χ1) is 13.1. The minimum absolute atomic E-state index is 0.0773. The highest BCUT2D eigenvalue weighted by molar-refractivity contribution is 7.99. The first kappa shape index (κ1) is 19.0. The van der Waals surface area contributed by atoms with Crippen molar-refractivity contribution < 1.29 is 4.79 Å². The molecule has 1 amide bonds. The molecule has 27 heavy (non-hydrogen) atoms. The molecule has 0 aliphatic heterocycles. The van der Waals surface area contributed by atoms with Gasteiger partial charge in [-0.3, -0.25) is 4.79 Å². The fraction of sp³-hybridized carbons (Fsp3) is 0.182. The first-order valence-corrected chi connectivity index (χ1v) is 9.88. The highest BCUT2D eigenvalue weighted by atomic mass is 32.2. The van der Waals surface area contributed by atoms with Gasteiger partial charge in [0.05, 0.1) is 6.21 Å². The molecule has 1 heterocycles. The van der Waals surface area contributed by atoms with Gasteiger partial charge in [0.25, 0.3) is 0 Å². The number of amides is 1. The quantitative estimate of drug-likeness (QED) is 0.368. The molecule has 2 aromatic carbocycles. The summed E-state index contributed by atoms with van der Waals surface area (Å²) in [6.07, 6.45) is 2.14. The summed E-state index contributed by atoms with van der Waals surface area (Å²) < 4.78 is 2.18. The van der Waals surface area contributed by atoms with Gasteiger partial charge in [0.1, 0.15) is 0 Å². The van der Waals surface area contributed by atoms with Crippen LogP contribution in [-0.2, 0) is 4.79 Å². The van der Waals surface area contributed by atoms with Gasteiger partial charge in [0.15, 0.2) is 0 Å². The van der Waals surface area contributed by atoms with Crippen LogP contribution < -0.4 is 5.43 Å². The van der Waals surface area contributed by atoms with Crippen LogP contribution in [-0.4, -0.2) is 22.4 Å². The van der Waals surface area contributed by atoms with Crippen LogP contribution in [0.25, 0.3) is 5.69 Å². The largest absolute Gasteiger partial charge is 0.318 e. The number of hydrazone groups is 1. The van der Waals surface area contributed by atoms with Gasteiger partial charge in [-0.05, 0) is 44.2 Å². The van der Waals surface area contributed by atoms with Crippen LogP contribution in [0, 0.1) is 13.8 Å². The lowest BCUT2D eigenvalue weighted by atomic mass is 10.2. The van der Waals surface area contributed by atoms with Crippen molar-refractivity contribution in [3.05, 3.63) is 83.7 Å². The maximum atomic E-state index is 12.0. The third-order valence-corrected chi connectivity index (χ3v) is 5.23. The monoisotopic (exact) mass is 377 g/mol. The van der Waals surface area contributed by atoms with Crippen molar-refractivity contribution in [2.24, 2.45) is 5.10 Å². The number of nitrogens with one attached hydrogen (secondary N) is 1. The normalized spacial score (nSPS) is 11.0. The number of rotatable bonds is 7. The van der Waals surface area contributed by atoms with Crippen molar-refractivity contribution in [2.75, 3.05) is 5.75 Å². The van der Waals surface area contributed by atoms with E-state index in [1.165, 1.54) is 4.90 Å². The van der Waals surface area contributed by atoms with Gasteiger partial charge in [0.2, 0.25) is 5.91 Å². The summed E-state index contributed by atoms with van der Waals surface area (Å²) in [5.41, 5.74) is 6.96. The van der Waals surface area contributed by atoms with E-state index in [4.69, 9.17) is 0 Å². The molecule has 0 bridgehead atoms. The van der Waals surface area contributed by atoms with Crippen molar-refractivity contribution in [3.63, 3.8) is 0 Å². The molecule has 3 aromatic rings. The summed E-state index contributed by atoms with van der Waals surface area (Å²) in [5, 5.41) is 4.13. The zero-order valence-corrected chi connectivity index (χ0v) is 16.4. The Hall–Kier alpha value is -2.79. The van der Waals surface area contributed by atoms with Crippen molar-refractivity contribution >= 4 is 23.9 Å². The molecule has 138 valence electrons. The number of para-hydroxylation sites is 1. The Bertz CT molecular complexity index is 917. The summed E-state index contributed by atoms with van der Waals surface area (Å²) in [5.74, 6) is 0.653. The Morgan fingerprint density at radius 3 is 2.44 bits per heavy atom. The lowest BCUT2D eigenvalue weighted by Crippen LogP contribution is -2.17. The SMILES string of the molecule is Cc1cc(/C=N\NC(=O)CCSc2ccccc2)c(C)n1-c1ccccc1. The molecule has 4 nitrogen and oxygen atoms in total. The molecule has 1 N–H and O–H groups in total. The predicted octanol–water partition coefficient (Wildman–Crippen LogP) is 4.73. The number of aryl methyl sites for hydroxylation is 1. The van der Waals surface area contributed by atoms with Crippen molar-refractivity contribution in [1.29, 1.82) is 0 Å². The Balaban J connectivity index is 1.54. The Kier molecular flexibility index (Phi) is 6.49. The zero-order chi connectivity index (χ0) is 19.1. The van der Waals surface area contributed by atoms with Crippen LogP contribution in [0.4, 0.5) is 0 Å². The van der Waals surface area contributed by atoms with Crippen LogP contribution in [0.3, 0.4) is 0 Å². The van der Waals surface area contributed by atoms with E-state index in [1.807, 2.05) is 48.5 Å². The second kappa shape index (κ2) is 9.24. The van der Waals surface area contributed by atoms with Crippen LogP contribution in [0.1, 0.15) is 23.4 Å². The Morgan fingerprint density at radius 2 is 1.74 bits per heavy atom. The van der Waals surface area contributed by atoms with Crippen LogP contribution in [0.2, 0.25) is 0 Å². The number of thioether (sulfide) groups is 1. The zero-order valence-electron chi connectivity index (χ0n) is 15.6. The molecule has 1 aromatic heterocycles. The fourth-order valence-corrected chi connectivity index (χ4v) is 3.77. The lowest BCUT2D eigenvalue weighted by molar-refractivity contribution is -0.120. The summed E-state index contributed by atoms with van der Waals surface area (Å²) in [6.45, 7) is 4.12. The van der Waals surface area contributed by atoms with Crippen molar-refractivity contribution in [3.8, 4) is 5.69 Å². The van der Waals surface area contributed by atoms with E-state index in [0.717, 1.165) is 28.4 Å². The lowest BCUT2D eigenvalue weighted by Gasteiger charge is -2.08. The molecule has 5 heteroatoms. The minimum atomic E-state index is -0.0773. The number of carbonyl (C=O) groups excluding carboxylic acids is 1. The van der Waals surface area contributed by atoms with Gasteiger partial charge >= 0.3 is 0 Å². The first-order valence-electron chi connectivity index (χ1n) is 8.89. The Labute approximate surface area is 164 Å². The van der Waals surface area contributed by atoms with Crippen LogP contribution in [0.15, 0.2) is 76.7 Å². The highest BCUT2D eigenvalue weighted by Gasteiger charge is 2.09. The number of hydrogen-bond donors (Lipinski definition) is 1. The second-order valence-electron chi connectivity index (χ2n) is 6.20. The highest BCUT2D eigenvalue weighted by Crippen LogP contribution is 2.19. The summed E-state index contributed by atoms with van der Waals surface area (Å²) in [4.78, 5) is 13.1. The molecule has 0 unspecified atom stereocenters. The smallest absolute Gasteiger partial charge is 0.240 e. The fourth-order valence-electron chi connectivity index (χ4n) is 2.90. The molecule has 0 saturated heterocycles. The standard InChI is InChI=1S/C22H23N3OS/c1-17-15-19(18(2)25(17)20-9-5-3-6-10-20)16-23-24-22(26)13-14-27-21-11-7-4-8-12-21/h3-12,15-16H,13-14H2,1-2H3,(H,24,26)/b23-16-. The molecule has 0 radical (unpaired) electrons. The number of aromatic nitrogens is 1. The second-order valence-corrected chi connectivity index (χ2v) is 7.37. The maximum Gasteiger partial charge on any atom is 0.240 e. The summed E-state index contributed by atoms with van der Waals surface area (Å²) in [6, 6.07) is 22.4. The van der Waals surface area contributed by atoms with Crippen LogP contribution in [0.5, 0.6) is 0 Å². The van der Waals surface area contributed by atoms with Gasteiger partial charge in [0, 0.05) is 39.7 Å². The van der Waals surface area contributed by atoms with Crippen molar-refractivity contribution in [2.45, 2.75) is 25.2 Å². The van der Waals surface area contributed by atoms with E-state index in [9.17, 15) is 4.79 Å². The van der Waals surface area contributed by atoms with E-state index in [2.05, 4.69) is 47.1 Å². The molecule has 0 saturated carbocycles. The van der Waals surface area contributed by atoms with Gasteiger partial charge in [-0.25, -0.2) is 5.43 Å². The average Bonchev–Trinajstić information content (AvgIpc) is 2.97. The van der Waals surface area contributed by atoms with E-state index in [1.54, 1.807) is 18.0 Å². The van der Waals surface area contributed by atoms with Gasteiger partial charge in [-0.15, -0.1) is 11.8 Å². The van der Waals surface area contributed by atoms with Gasteiger partial charge in [-0.2, -0.15) is 5.10 Å². The number of benzene rings is 2. The number of carbonyl (C=O) groups is 1. The topological polar surface area (TPSA) is 46.4 Å². The third-order valence-electron chi connectivity index (χ3n) is 4.22. The van der Waals surface area contributed by atoms with Gasteiger partial charge in [-0.1, -0.05) is 36.4 Å².